The summed E-state index contributed by atoms with van der Waals surface area (Å²) in [6.45, 7) is 9.23. The zero-order valence-electron chi connectivity index (χ0n) is 15.6. The number of alkyl carbamates (subject to hydrolysis) is 1. The van der Waals surface area contributed by atoms with E-state index < -0.39 is 29.8 Å². The van der Waals surface area contributed by atoms with Crippen molar-refractivity contribution in [2.24, 2.45) is 5.92 Å². The monoisotopic (exact) mass is 351 g/mol. The number of carbonyl (C=O) groups excluding carboxylic acids is 2. The number of nitrogens with one attached hydrogen (secondary N) is 1. The van der Waals surface area contributed by atoms with Gasteiger partial charge in [-0.2, -0.15) is 0 Å². The van der Waals surface area contributed by atoms with Crippen molar-refractivity contribution in [3.05, 3.63) is 30.3 Å². The van der Waals surface area contributed by atoms with Gasteiger partial charge in [-0.25, -0.2) is 4.79 Å². The number of ether oxygens (including phenoxy) is 2. The number of carbonyl (C=O) groups is 2. The van der Waals surface area contributed by atoms with Crippen molar-refractivity contribution in [3.63, 3.8) is 0 Å². The molecule has 0 fully saturated rings. The first-order valence-corrected chi connectivity index (χ1v) is 8.50. The molecular formula is C19H29NO5. The molecule has 0 spiro atoms. The van der Waals surface area contributed by atoms with Gasteiger partial charge in [0.05, 0.1) is 18.6 Å². The lowest BCUT2D eigenvalue weighted by Crippen LogP contribution is -2.47. The number of esters is 1. The van der Waals surface area contributed by atoms with E-state index in [1.165, 1.54) is 0 Å². The predicted molar refractivity (Wildman–Crippen MR) is 95.3 cm³/mol. The van der Waals surface area contributed by atoms with E-state index in [0.717, 1.165) is 0 Å². The van der Waals surface area contributed by atoms with E-state index in [4.69, 9.17) is 9.47 Å². The lowest BCUT2D eigenvalue weighted by atomic mass is 9.97. The molecule has 0 radical (unpaired) electrons. The number of hydrogen-bond acceptors (Lipinski definition) is 5. The first kappa shape index (κ1) is 21.0. The molecule has 2 atom stereocenters. The minimum atomic E-state index is -1.06. The van der Waals surface area contributed by atoms with E-state index in [1.54, 1.807) is 45.0 Å². The summed E-state index contributed by atoms with van der Waals surface area (Å²) < 4.78 is 10.4. The highest BCUT2D eigenvalue weighted by Crippen LogP contribution is 2.15. The third-order valence-electron chi connectivity index (χ3n) is 3.24. The molecule has 0 saturated heterocycles. The Morgan fingerprint density at radius 3 is 2.28 bits per heavy atom. The van der Waals surface area contributed by atoms with Crippen LogP contribution in [0.2, 0.25) is 0 Å². The van der Waals surface area contributed by atoms with Gasteiger partial charge in [-0.1, -0.05) is 32.0 Å². The van der Waals surface area contributed by atoms with Crippen LogP contribution in [0.3, 0.4) is 0 Å². The smallest absolute Gasteiger partial charge is 0.407 e. The molecule has 1 amide bonds. The van der Waals surface area contributed by atoms with Gasteiger partial charge in [0.25, 0.3) is 0 Å². The zero-order valence-corrected chi connectivity index (χ0v) is 15.6. The highest BCUT2D eigenvalue weighted by molar-refractivity contribution is 5.73. The Bertz CT molecular complexity index is 551. The molecule has 0 heterocycles. The van der Waals surface area contributed by atoms with Gasteiger partial charge in [0.15, 0.2) is 0 Å². The molecule has 0 aliphatic carbocycles. The second kappa shape index (κ2) is 9.42. The van der Waals surface area contributed by atoms with E-state index in [-0.39, 0.29) is 12.3 Å². The molecule has 25 heavy (non-hydrogen) atoms. The van der Waals surface area contributed by atoms with Gasteiger partial charge < -0.3 is 19.9 Å². The summed E-state index contributed by atoms with van der Waals surface area (Å²) in [6.07, 6.45) is -1.39. The lowest BCUT2D eigenvalue weighted by Gasteiger charge is -2.27. The molecule has 0 aromatic heterocycles. The molecule has 140 valence electrons. The maximum absolute atomic E-state index is 12.0. The lowest BCUT2D eigenvalue weighted by molar-refractivity contribution is -0.137. The zero-order chi connectivity index (χ0) is 19.0. The van der Waals surface area contributed by atoms with E-state index in [0.29, 0.717) is 12.2 Å². The second-order valence-electron chi connectivity index (χ2n) is 7.44. The Kier molecular flexibility index (Phi) is 7.90. The molecule has 0 bridgehead atoms. The number of para-hydroxylation sites is 1. The third-order valence-corrected chi connectivity index (χ3v) is 3.24. The number of aliphatic hydroxyl groups is 1. The molecule has 0 saturated carbocycles. The van der Waals surface area contributed by atoms with Crippen molar-refractivity contribution in [2.75, 3.05) is 0 Å². The van der Waals surface area contributed by atoms with Crippen LogP contribution >= 0.6 is 0 Å². The topological polar surface area (TPSA) is 84.9 Å². The summed E-state index contributed by atoms with van der Waals surface area (Å²) in [4.78, 5) is 24.0. The second-order valence-corrected chi connectivity index (χ2v) is 7.44. The summed E-state index contributed by atoms with van der Waals surface area (Å²) in [5.41, 5.74) is -0.635. The Hall–Kier alpha value is -2.08. The fourth-order valence-electron chi connectivity index (χ4n) is 2.25. The van der Waals surface area contributed by atoms with Crippen LogP contribution in [0.5, 0.6) is 5.75 Å². The normalized spacial score (nSPS) is 13.9. The van der Waals surface area contributed by atoms with Crippen LogP contribution in [0, 0.1) is 5.92 Å². The van der Waals surface area contributed by atoms with Crippen molar-refractivity contribution in [1.82, 2.24) is 5.32 Å². The van der Waals surface area contributed by atoms with Gasteiger partial charge in [-0.05, 0) is 45.2 Å². The highest BCUT2D eigenvalue weighted by Gasteiger charge is 2.27. The first-order chi connectivity index (χ1) is 11.6. The number of aliphatic hydroxyl groups excluding tert-OH is 1. The predicted octanol–water partition coefficient (Wildman–Crippen LogP) is 3.28. The van der Waals surface area contributed by atoms with E-state index >= 15 is 0 Å². The van der Waals surface area contributed by atoms with Crippen LogP contribution in [0.1, 0.15) is 47.5 Å². The standard InChI is InChI=1S/C19H29NO5/c1-13(2)11-15(20-18(23)25-19(3,4)5)16(21)12-17(22)24-14-9-7-6-8-10-14/h6-10,13,15-16,21H,11-12H2,1-5H3,(H,20,23)/t15-,16-/m0/s1. The van der Waals surface area contributed by atoms with Crippen molar-refractivity contribution in [1.29, 1.82) is 0 Å². The summed E-state index contributed by atoms with van der Waals surface area (Å²) in [5, 5.41) is 13.0. The van der Waals surface area contributed by atoms with Crippen LogP contribution in [-0.4, -0.2) is 34.9 Å². The molecular weight excluding hydrogens is 322 g/mol. The average molecular weight is 351 g/mol. The molecule has 0 unspecified atom stereocenters. The SMILES string of the molecule is CC(C)C[C@H](NC(=O)OC(C)(C)C)[C@@H](O)CC(=O)Oc1ccccc1. The van der Waals surface area contributed by atoms with E-state index in [1.807, 2.05) is 19.9 Å². The van der Waals surface area contributed by atoms with Crippen molar-refractivity contribution in [2.45, 2.75) is 65.2 Å². The van der Waals surface area contributed by atoms with Gasteiger partial charge in [-0.3, -0.25) is 4.79 Å². The van der Waals surface area contributed by atoms with Crippen LogP contribution in [-0.2, 0) is 9.53 Å². The molecule has 1 rings (SSSR count). The number of benzene rings is 1. The van der Waals surface area contributed by atoms with Gasteiger partial charge in [-0.15, -0.1) is 0 Å². The summed E-state index contributed by atoms with van der Waals surface area (Å²) >= 11 is 0. The van der Waals surface area contributed by atoms with E-state index in [9.17, 15) is 14.7 Å². The van der Waals surface area contributed by atoms with Gasteiger partial charge >= 0.3 is 12.1 Å². The summed E-state index contributed by atoms with van der Waals surface area (Å²) in [7, 11) is 0. The maximum Gasteiger partial charge on any atom is 0.407 e. The molecule has 1 aromatic rings. The average Bonchev–Trinajstić information content (AvgIpc) is 2.44. The third kappa shape index (κ3) is 9.10. The largest absolute Gasteiger partial charge is 0.444 e. The van der Waals surface area contributed by atoms with Crippen molar-refractivity contribution >= 4 is 12.1 Å². The summed E-state index contributed by atoms with van der Waals surface area (Å²) in [6, 6.07) is 8.05. The molecule has 2 N–H and O–H groups in total. The number of hydrogen-bond donors (Lipinski definition) is 2. The number of amides is 1. The van der Waals surface area contributed by atoms with Gasteiger partial charge in [0, 0.05) is 0 Å². The van der Waals surface area contributed by atoms with Crippen molar-refractivity contribution < 1.29 is 24.2 Å². The first-order valence-electron chi connectivity index (χ1n) is 8.50. The fourth-order valence-corrected chi connectivity index (χ4v) is 2.25. The highest BCUT2D eigenvalue weighted by atomic mass is 16.6. The minimum absolute atomic E-state index is 0.220. The Labute approximate surface area is 149 Å². The molecule has 0 aliphatic rings. The summed E-state index contributed by atoms with van der Waals surface area (Å²) in [5.74, 6) is 0.0818. The molecule has 6 heteroatoms. The van der Waals surface area contributed by atoms with Crippen LogP contribution in [0.25, 0.3) is 0 Å². The Balaban J connectivity index is 2.64. The van der Waals surface area contributed by atoms with Crippen LogP contribution < -0.4 is 10.1 Å². The number of rotatable bonds is 7. The quantitative estimate of drug-likeness (QED) is 0.582. The minimum Gasteiger partial charge on any atom is -0.444 e. The molecule has 1 aromatic carbocycles. The van der Waals surface area contributed by atoms with Gasteiger partial charge in [0.1, 0.15) is 11.4 Å². The van der Waals surface area contributed by atoms with Gasteiger partial charge in [0.2, 0.25) is 0 Å². The van der Waals surface area contributed by atoms with Crippen LogP contribution in [0.4, 0.5) is 4.79 Å². The Morgan fingerprint density at radius 2 is 1.76 bits per heavy atom. The maximum atomic E-state index is 12.0. The van der Waals surface area contributed by atoms with E-state index in [2.05, 4.69) is 5.32 Å². The van der Waals surface area contributed by atoms with Crippen molar-refractivity contribution in [3.8, 4) is 5.75 Å². The molecule has 0 aliphatic heterocycles. The molecule has 6 nitrogen and oxygen atoms in total. The van der Waals surface area contributed by atoms with Crippen LogP contribution in [0.15, 0.2) is 30.3 Å². The Morgan fingerprint density at radius 1 is 1.16 bits per heavy atom. The fraction of sp³-hybridized carbons (Fsp3) is 0.579.